The number of halogens is 2. The fourth-order valence-corrected chi connectivity index (χ4v) is 5.18. The third-order valence-corrected chi connectivity index (χ3v) is 7.12. The van der Waals surface area contributed by atoms with Gasteiger partial charge in [0.05, 0.1) is 15.6 Å². The second-order valence-electron chi connectivity index (χ2n) is 8.97. The molecule has 0 radical (unpaired) electrons. The van der Waals surface area contributed by atoms with Gasteiger partial charge < -0.3 is 20.6 Å². The van der Waals surface area contributed by atoms with Gasteiger partial charge in [-0.3, -0.25) is 9.78 Å². The average molecular weight is 506 g/mol. The van der Waals surface area contributed by atoms with Crippen LogP contribution in [0.25, 0.3) is 0 Å². The molecular formula is C24H29Cl2N5O3. The molecule has 182 valence electrons. The minimum absolute atomic E-state index is 0.0387. The summed E-state index contributed by atoms with van der Waals surface area (Å²) in [6.07, 6.45) is 8.23. The first-order valence-electron chi connectivity index (χ1n) is 11.7. The minimum atomic E-state index is -1.09. The largest absolute Gasteiger partial charge is 0.480 e. The lowest BCUT2D eigenvalue weighted by atomic mass is 10.00. The van der Waals surface area contributed by atoms with Crippen LogP contribution in [0.1, 0.15) is 47.3 Å². The molecule has 2 atom stereocenters. The number of carbonyl (C=O) groups is 2. The van der Waals surface area contributed by atoms with E-state index in [9.17, 15) is 14.7 Å². The maximum absolute atomic E-state index is 12.6. The van der Waals surface area contributed by atoms with Crippen LogP contribution in [0, 0.1) is 5.92 Å². The van der Waals surface area contributed by atoms with Crippen LogP contribution in [0.5, 0.6) is 0 Å². The van der Waals surface area contributed by atoms with Crippen LogP contribution >= 0.6 is 23.2 Å². The number of carbonyl (C=O) groups excluding carboxylic acids is 1. The van der Waals surface area contributed by atoms with Gasteiger partial charge in [0.15, 0.2) is 0 Å². The van der Waals surface area contributed by atoms with Crippen molar-refractivity contribution in [2.75, 3.05) is 31.5 Å². The molecule has 4 rings (SSSR count). The van der Waals surface area contributed by atoms with E-state index in [-0.39, 0.29) is 15.6 Å². The number of aromatic nitrogens is 2. The number of pyridine rings is 2. The zero-order chi connectivity index (χ0) is 24.1. The number of hydrogen-bond acceptors (Lipinski definition) is 6. The Morgan fingerprint density at radius 1 is 1.26 bits per heavy atom. The molecule has 4 heterocycles. The molecule has 2 aromatic rings. The van der Waals surface area contributed by atoms with Crippen LogP contribution in [0.3, 0.4) is 0 Å². The highest BCUT2D eigenvalue weighted by Gasteiger charge is 2.27. The lowest BCUT2D eigenvalue weighted by molar-refractivity contribution is -0.139. The monoisotopic (exact) mass is 505 g/mol. The van der Waals surface area contributed by atoms with Gasteiger partial charge in [0.2, 0.25) is 0 Å². The Morgan fingerprint density at radius 2 is 2.06 bits per heavy atom. The van der Waals surface area contributed by atoms with Gasteiger partial charge in [-0.15, -0.1) is 0 Å². The Labute approximate surface area is 209 Å². The van der Waals surface area contributed by atoms with Crippen LogP contribution in [0.15, 0.2) is 24.5 Å². The SMILES string of the molecule is O=C(NC(CCN1CC[C@@H](CCc2ccc3c(n2)NCCC3)C1)C(=O)O)c1c(Cl)cncc1Cl. The molecule has 2 aliphatic rings. The fraction of sp³-hybridized carbons (Fsp3) is 0.500. The van der Waals surface area contributed by atoms with Crippen molar-refractivity contribution in [3.05, 3.63) is 51.4 Å². The number of nitrogens with one attached hydrogen (secondary N) is 2. The number of nitrogens with zero attached hydrogens (tertiary/aromatic N) is 3. The fourth-order valence-electron chi connectivity index (χ4n) is 4.64. The molecule has 0 aliphatic carbocycles. The number of carboxylic acid groups (broad SMARTS) is 1. The summed E-state index contributed by atoms with van der Waals surface area (Å²) in [4.78, 5) is 35.2. The number of likely N-dealkylation sites (tertiary alicyclic amines) is 1. The van der Waals surface area contributed by atoms with Gasteiger partial charge in [-0.1, -0.05) is 29.3 Å². The van der Waals surface area contributed by atoms with E-state index in [2.05, 4.69) is 32.7 Å². The molecule has 3 N–H and O–H groups in total. The number of hydrogen-bond donors (Lipinski definition) is 3. The summed E-state index contributed by atoms with van der Waals surface area (Å²) >= 11 is 12.0. The normalized spacial score (nSPS) is 18.7. The van der Waals surface area contributed by atoms with Crippen molar-refractivity contribution in [1.82, 2.24) is 20.2 Å². The molecule has 1 fully saturated rings. The summed E-state index contributed by atoms with van der Waals surface area (Å²) in [5.74, 6) is -0.111. The Balaban J connectivity index is 1.24. The number of rotatable bonds is 9. The Morgan fingerprint density at radius 3 is 2.82 bits per heavy atom. The van der Waals surface area contributed by atoms with Crippen molar-refractivity contribution >= 4 is 40.9 Å². The van der Waals surface area contributed by atoms with E-state index >= 15 is 0 Å². The van der Waals surface area contributed by atoms with E-state index in [4.69, 9.17) is 28.2 Å². The summed E-state index contributed by atoms with van der Waals surface area (Å²) in [5, 5.41) is 15.7. The van der Waals surface area contributed by atoms with Gasteiger partial charge in [-0.05, 0) is 62.6 Å². The number of amides is 1. The van der Waals surface area contributed by atoms with Gasteiger partial charge in [0, 0.05) is 37.7 Å². The van der Waals surface area contributed by atoms with E-state index < -0.39 is 17.9 Å². The number of fused-ring (bicyclic) bond motifs is 1. The molecule has 2 aromatic heterocycles. The predicted octanol–water partition coefficient (Wildman–Crippen LogP) is 3.67. The molecule has 1 saturated heterocycles. The molecule has 1 amide bonds. The third-order valence-electron chi connectivity index (χ3n) is 6.55. The highest BCUT2D eigenvalue weighted by molar-refractivity contribution is 6.39. The number of carboxylic acids is 1. The smallest absolute Gasteiger partial charge is 0.326 e. The van der Waals surface area contributed by atoms with Gasteiger partial charge >= 0.3 is 5.97 Å². The zero-order valence-electron chi connectivity index (χ0n) is 18.9. The molecule has 0 spiro atoms. The number of aliphatic carboxylic acids is 1. The lowest BCUT2D eigenvalue weighted by Gasteiger charge is -2.20. The molecule has 10 heteroatoms. The summed E-state index contributed by atoms with van der Waals surface area (Å²) in [7, 11) is 0. The quantitative estimate of drug-likeness (QED) is 0.477. The molecular weight excluding hydrogens is 477 g/mol. The van der Waals surface area contributed by atoms with Crippen LogP contribution in [-0.2, 0) is 17.6 Å². The average Bonchev–Trinajstić information content (AvgIpc) is 3.28. The lowest BCUT2D eigenvalue weighted by Crippen LogP contribution is -2.43. The summed E-state index contributed by atoms with van der Waals surface area (Å²) < 4.78 is 0. The molecule has 8 nitrogen and oxygen atoms in total. The third kappa shape index (κ3) is 6.17. The van der Waals surface area contributed by atoms with E-state index in [1.807, 2.05) is 0 Å². The number of anilines is 1. The first-order valence-corrected chi connectivity index (χ1v) is 12.4. The molecule has 1 unspecified atom stereocenters. The van der Waals surface area contributed by atoms with E-state index in [0.717, 1.165) is 63.3 Å². The standard InChI is InChI=1S/C24H29Cl2N5O3/c25-18-12-27-13-19(26)21(18)23(32)30-20(24(33)34)8-11-31-10-7-15(14-31)3-5-17-6-4-16-2-1-9-28-22(16)29-17/h4,6,12-13,15,20H,1-3,5,7-11,14H2,(H,28,29)(H,30,32)(H,33,34)/t15-,20?/m1/s1. The molecule has 2 aliphatic heterocycles. The Bertz CT molecular complexity index is 1030. The zero-order valence-corrected chi connectivity index (χ0v) is 20.4. The maximum Gasteiger partial charge on any atom is 0.326 e. The topological polar surface area (TPSA) is 107 Å². The van der Waals surface area contributed by atoms with Gasteiger partial charge in [0.25, 0.3) is 5.91 Å². The van der Waals surface area contributed by atoms with E-state index in [1.54, 1.807) is 0 Å². The van der Waals surface area contributed by atoms with Crippen molar-refractivity contribution in [3.8, 4) is 0 Å². The molecule has 0 bridgehead atoms. The maximum atomic E-state index is 12.6. The highest BCUT2D eigenvalue weighted by atomic mass is 35.5. The van der Waals surface area contributed by atoms with E-state index in [0.29, 0.717) is 18.9 Å². The van der Waals surface area contributed by atoms with Crippen LogP contribution in [0.2, 0.25) is 10.0 Å². The highest BCUT2D eigenvalue weighted by Crippen LogP contribution is 2.25. The second-order valence-corrected chi connectivity index (χ2v) is 9.78. The summed E-state index contributed by atoms with van der Waals surface area (Å²) in [6.45, 7) is 3.42. The van der Waals surface area contributed by atoms with Crippen molar-refractivity contribution in [3.63, 3.8) is 0 Å². The molecule has 0 saturated carbocycles. The molecule has 34 heavy (non-hydrogen) atoms. The van der Waals surface area contributed by atoms with Crippen molar-refractivity contribution in [2.24, 2.45) is 5.92 Å². The summed E-state index contributed by atoms with van der Waals surface area (Å²) in [6, 6.07) is 3.30. The first-order chi connectivity index (χ1) is 16.4. The second kappa shape index (κ2) is 11.3. The number of aryl methyl sites for hydroxylation is 2. The van der Waals surface area contributed by atoms with Crippen molar-refractivity contribution < 1.29 is 14.7 Å². The molecule has 0 aromatic carbocycles. The van der Waals surface area contributed by atoms with Crippen molar-refractivity contribution in [2.45, 2.75) is 44.6 Å². The predicted molar refractivity (Wildman–Crippen MR) is 132 cm³/mol. The van der Waals surface area contributed by atoms with Crippen LogP contribution in [0.4, 0.5) is 5.82 Å². The first kappa shape index (κ1) is 24.7. The van der Waals surface area contributed by atoms with Crippen molar-refractivity contribution in [1.29, 1.82) is 0 Å². The van der Waals surface area contributed by atoms with Gasteiger partial charge in [-0.2, -0.15) is 0 Å². The van der Waals surface area contributed by atoms with Crippen LogP contribution in [-0.4, -0.2) is 64.1 Å². The Kier molecular flexibility index (Phi) is 8.24. The van der Waals surface area contributed by atoms with Gasteiger partial charge in [-0.25, -0.2) is 9.78 Å². The summed E-state index contributed by atoms with van der Waals surface area (Å²) in [5.41, 5.74) is 2.46. The van der Waals surface area contributed by atoms with Crippen LogP contribution < -0.4 is 10.6 Å². The van der Waals surface area contributed by atoms with Gasteiger partial charge in [0.1, 0.15) is 11.9 Å². The minimum Gasteiger partial charge on any atom is -0.480 e. The Hall–Kier alpha value is -2.42. The van der Waals surface area contributed by atoms with E-state index in [1.165, 1.54) is 18.0 Å².